The van der Waals surface area contributed by atoms with Crippen LogP contribution < -0.4 is 4.57 Å². The normalized spacial score (nSPS) is 11.4. The van der Waals surface area contributed by atoms with E-state index in [-0.39, 0.29) is 5.82 Å². The van der Waals surface area contributed by atoms with Gasteiger partial charge in [0, 0.05) is 22.4 Å². The van der Waals surface area contributed by atoms with Crippen molar-refractivity contribution in [1.29, 1.82) is 0 Å². The van der Waals surface area contributed by atoms with Gasteiger partial charge in [-0.15, -0.1) is 0 Å². The average molecular weight is 382 g/mol. The van der Waals surface area contributed by atoms with Crippen LogP contribution in [0.1, 0.15) is 11.1 Å². The molecule has 2 aromatic heterocycles. The van der Waals surface area contributed by atoms with Gasteiger partial charge in [-0.1, -0.05) is 60.7 Å². The Morgan fingerprint density at radius 1 is 0.793 bits per heavy atom. The van der Waals surface area contributed by atoms with Crippen LogP contribution in [0.25, 0.3) is 44.3 Å². The van der Waals surface area contributed by atoms with E-state index in [0.29, 0.717) is 5.56 Å². The molecule has 0 aliphatic rings. The Hall–Kier alpha value is -3.46. The van der Waals surface area contributed by atoms with E-state index in [2.05, 4.69) is 49.4 Å². The number of pyridine rings is 1. The molecule has 0 bridgehead atoms. The largest absolute Gasteiger partial charge is 0.454 e. The second-order valence-electron chi connectivity index (χ2n) is 7.59. The van der Waals surface area contributed by atoms with Crippen molar-refractivity contribution in [3.63, 3.8) is 0 Å². The van der Waals surface area contributed by atoms with Crippen LogP contribution in [0.4, 0.5) is 4.39 Å². The maximum absolute atomic E-state index is 14.1. The average Bonchev–Trinajstić information content (AvgIpc) is 3.10. The predicted octanol–water partition coefficient (Wildman–Crippen LogP) is 6.50. The second-order valence-corrected chi connectivity index (χ2v) is 7.59. The molecule has 0 aliphatic heterocycles. The minimum atomic E-state index is -0.211. The predicted molar refractivity (Wildman–Crippen MR) is 115 cm³/mol. The van der Waals surface area contributed by atoms with Crippen molar-refractivity contribution >= 4 is 21.9 Å². The van der Waals surface area contributed by atoms with Gasteiger partial charge in [-0.05, 0) is 30.5 Å². The lowest BCUT2D eigenvalue weighted by molar-refractivity contribution is -0.662. The quantitative estimate of drug-likeness (QED) is 0.319. The third-order valence-corrected chi connectivity index (χ3v) is 5.63. The van der Waals surface area contributed by atoms with Gasteiger partial charge in [0.25, 0.3) is 0 Å². The molecule has 0 fully saturated rings. The zero-order valence-corrected chi connectivity index (χ0v) is 16.7. The van der Waals surface area contributed by atoms with Crippen molar-refractivity contribution < 1.29 is 13.4 Å². The van der Waals surface area contributed by atoms with Gasteiger partial charge in [0.15, 0.2) is 5.82 Å². The Labute approximate surface area is 168 Å². The van der Waals surface area contributed by atoms with Crippen LogP contribution in [-0.4, -0.2) is 0 Å². The summed E-state index contributed by atoms with van der Waals surface area (Å²) in [6.45, 7) is 3.86. The maximum atomic E-state index is 14.1. The molecule has 0 spiro atoms. The molecule has 2 nitrogen and oxygen atoms in total. The molecule has 142 valence electrons. The molecule has 0 saturated heterocycles. The third-order valence-electron chi connectivity index (χ3n) is 5.63. The number of hydrogen-bond donors (Lipinski definition) is 0. The lowest BCUT2D eigenvalue weighted by Crippen LogP contribution is -2.31. The summed E-state index contributed by atoms with van der Waals surface area (Å²) >= 11 is 0. The maximum Gasteiger partial charge on any atom is 0.216 e. The Kier molecular flexibility index (Phi) is 3.99. The summed E-state index contributed by atoms with van der Waals surface area (Å²) in [7, 11) is 1.87. The van der Waals surface area contributed by atoms with Crippen LogP contribution >= 0.6 is 0 Å². The number of hydrogen-bond acceptors (Lipinski definition) is 1. The first-order valence-electron chi connectivity index (χ1n) is 9.71. The van der Waals surface area contributed by atoms with E-state index in [0.717, 1.165) is 49.9 Å². The molecule has 2 heterocycles. The number of aryl methyl sites for hydroxylation is 3. The van der Waals surface area contributed by atoms with Crippen LogP contribution in [0, 0.1) is 19.7 Å². The topological polar surface area (TPSA) is 17.0 Å². The number of furan rings is 1. The third kappa shape index (κ3) is 2.73. The second kappa shape index (κ2) is 6.56. The highest BCUT2D eigenvalue weighted by Crippen LogP contribution is 2.40. The number of para-hydroxylation sites is 1. The van der Waals surface area contributed by atoms with Gasteiger partial charge in [0.1, 0.15) is 18.2 Å². The minimum Gasteiger partial charge on any atom is -0.454 e. The first-order chi connectivity index (χ1) is 14.0. The van der Waals surface area contributed by atoms with Gasteiger partial charge in [0.2, 0.25) is 11.9 Å². The fourth-order valence-corrected chi connectivity index (χ4v) is 4.09. The van der Waals surface area contributed by atoms with Crippen molar-refractivity contribution in [3.8, 4) is 22.4 Å². The Bertz CT molecular complexity index is 1380. The van der Waals surface area contributed by atoms with E-state index in [1.54, 1.807) is 6.92 Å². The van der Waals surface area contributed by atoms with Crippen LogP contribution in [0.5, 0.6) is 0 Å². The zero-order valence-electron chi connectivity index (χ0n) is 16.7. The SMILES string of the molecule is Cc1cc(-c2c(C)ccc3c2oc2c(-c4ccccc4)cccc23)[n+](C)cc1F. The number of aromatic nitrogens is 1. The molecule has 5 rings (SSSR count). The highest BCUT2D eigenvalue weighted by atomic mass is 19.1. The molecule has 3 aromatic carbocycles. The molecule has 0 saturated carbocycles. The monoisotopic (exact) mass is 382 g/mol. The van der Waals surface area contributed by atoms with Gasteiger partial charge in [-0.3, -0.25) is 0 Å². The molecule has 5 aromatic rings. The molecule has 0 atom stereocenters. The van der Waals surface area contributed by atoms with Gasteiger partial charge < -0.3 is 4.42 Å². The van der Waals surface area contributed by atoms with Crippen LogP contribution in [0.3, 0.4) is 0 Å². The Morgan fingerprint density at radius 3 is 2.34 bits per heavy atom. The van der Waals surface area contributed by atoms with E-state index >= 15 is 0 Å². The summed E-state index contributed by atoms with van der Waals surface area (Å²) in [5, 5.41) is 2.16. The highest BCUT2D eigenvalue weighted by molar-refractivity contribution is 6.13. The molecular formula is C26H21FNO+. The van der Waals surface area contributed by atoms with Crippen molar-refractivity contribution in [3.05, 3.63) is 89.9 Å². The number of nitrogens with zero attached hydrogens (tertiary/aromatic N) is 1. The smallest absolute Gasteiger partial charge is 0.216 e. The number of benzene rings is 3. The number of rotatable bonds is 2. The van der Waals surface area contributed by atoms with Crippen molar-refractivity contribution in [2.24, 2.45) is 7.05 Å². The Balaban J connectivity index is 1.88. The fourth-order valence-electron chi connectivity index (χ4n) is 4.09. The van der Waals surface area contributed by atoms with E-state index in [1.807, 2.05) is 35.9 Å². The Morgan fingerprint density at radius 2 is 1.55 bits per heavy atom. The van der Waals surface area contributed by atoms with Gasteiger partial charge in [0.05, 0.1) is 5.56 Å². The van der Waals surface area contributed by atoms with Gasteiger partial charge in [-0.25, -0.2) is 4.39 Å². The molecule has 0 amide bonds. The zero-order chi connectivity index (χ0) is 20.1. The van der Waals surface area contributed by atoms with Crippen LogP contribution in [-0.2, 0) is 7.05 Å². The summed E-state index contributed by atoms with van der Waals surface area (Å²) in [5.74, 6) is -0.211. The van der Waals surface area contributed by atoms with E-state index in [1.165, 1.54) is 6.20 Å². The molecule has 3 heteroatoms. The number of fused-ring (bicyclic) bond motifs is 3. The van der Waals surface area contributed by atoms with Gasteiger partial charge in [-0.2, -0.15) is 4.57 Å². The molecular weight excluding hydrogens is 361 g/mol. The van der Waals surface area contributed by atoms with E-state index in [9.17, 15) is 4.39 Å². The summed E-state index contributed by atoms with van der Waals surface area (Å²) < 4.78 is 22.4. The lowest BCUT2D eigenvalue weighted by Gasteiger charge is -2.06. The number of halogens is 1. The summed E-state index contributed by atoms with van der Waals surface area (Å²) in [6, 6.07) is 22.7. The lowest BCUT2D eigenvalue weighted by atomic mass is 9.98. The standard InChI is InChI=1S/C26H21FNO/c1-16-12-13-21-20-11-7-10-19(18-8-5-4-6-9-18)25(20)29-26(21)24(16)23-14-17(2)22(27)15-28(23)3/h4-15H,1-3H3/q+1. The first kappa shape index (κ1) is 17.6. The summed E-state index contributed by atoms with van der Waals surface area (Å²) in [6.07, 6.45) is 1.53. The molecule has 0 aliphatic carbocycles. The molecule has 29 heavy (non-hydrogen) atoms. The fraction of sp³-hybridized carbons (Fsp3) is 0.115. The highest BCUT2D eigenvalue weighted by Gasteiger charge is 2.23. The van der Waals surface area contributed by atoms with E-state index in [4.69, 9.17) is 4.42 Å². The van der Waals surface area contributed by atoms with Crippen LogP contribution in [0.15, 0.2) is 77.3 Å². The first-order valence-corrected chi connectivity index (χ1v) is 9.71. The van der Waals surface area contributed by atoms with Crippen molar-refractivity contribution in [2.45, 2.75) is 13.8 Å². The van der Waals surface area contributed by atoms with Crippen LogP contribution in [0.2, 0.25) is 0 Å². The van der Waals surface area contributed by atoms with Gasteiger partial charge >= 0.3 is 0 Å². The van der Waals surface area contributed by atoms with Crippen molar-refractivity contribution in [2.75, 3.05) is 0 Å². The van der Waals surface area contributed by atoms with Crippen molar-refractivity contribution in [1.82, 2.24) is 0 Å². The molecule has 0 N–H and O–H groups in total. The summed E-state index contributed by atoms with van der Waals surface area (Å²) in [4.78, 5) is 0. The minimum absolute atomic E-state index is 0.211. The summed E-state index contributed by atoms with van der Waals surface area (Å²) in [5.41, 5.74) is 7.57. The van der Waals surface area contributed by atoms with E-state index < -0.39 is 0 Å². The molecule has 0 radical (unpaired) electrons. The molecule has 0 unspecified atom stereocenters.